The predicted octanol–water partition coefficient (Wildman–Crippen LogP) is 6.38. The minimum Gasteiger partial charge on any atom is -0.364 e. The number of amides is 1. The lowest BCUT2D eigenvalue weighted by molar-refractivity contribution is -0.143. The zero-order valence-corrected chi connectivity index (χ0v) is 16.9. The first-order valence-corrected chi connectivity index (χ1v) is 9.32. The number of aryl methyl sites for hydroxylation is 2. The number of unbranched alkanes of at least 4 members (excludes halogenated alkanes) is 1. The zero-order valence-electron chi connectivity index (χ0n) is 16.9. The Morgan fingerprint density at radius 2 is 1.48 bits per heavy atom. The van der Waals surface area contributed by atoms with Gasteiger partial charge in [-0.2, -0.15) is 13.2 Å². The maximum atomic E-state index is 14.2. The van der Waals surface area contributed by atoms with Crippen LogP contribution < -0.4 is 5.32 Å². The standard InChI is InChI=1S/C21H20F7NO2/c1-4-5-6-31-19(12-8-10(2)7-11(3)9-12)20(30)29-18-16(24)14(22)13(21(26,27)28)15(23)17(18)25/h7-9,19H,4-6H2,1-3H3,(H,29,30). The molecule has 1 atom stereocenters. The van der Waals surface area contributed by atoms with Crippen molar-refractivity contribution in [2.75, 3.05) is 11.9 Å². The summed E-state index contributed by atoms with van der Waals surface area (Å²) in [5.41, 5.74) is -2.58. The van der Waals surface area contributed by atoms with Crippen LogP contribution in [0.2, 0.25) is 0 Å². The van der Waals surface area contributed by atoms with Gasteiger partial charge in [-0.25, -0.2) is 17.6 Å². The molecule has 0 aliphatic rings. The van der Waals surface area contributed by atoms with E-state index < -0.39 is 52.7 Å². The molecule has 0 radical (unpaired) electrons. The Morgan fingerprint density at radius 1 is 0.968 bits per heavy atom. The van der Waals surface area contributed by atoms with Gasteiger partial charge < -0.3 is 10.1 Å². The van der Waals surface area contributed by atoms with E-state index in [1.165, 1.54) is 0 Å². The average Bonchev–Trinajstić information content (AvgIpc) is 2.65. The molecule has 10 heteroatoms. The average molecular weight is 451 g/mol. The molecule has 0 aromatic heterocycles. The van der Waals surface area contributed by atoms with Crippen LogP contribution in [-0.2, 0) is 15.7 Å². The molecule has 0 aliphatic carbocycles. The van der Waals surface area contributed by atoms with E-state index >= 15 is 0 Å². The smallest absolute Gasteiger partial charge is 0.364 e. The second-order valence-corrected chi connectivity index (χ2v) is 7.02. The van der Waals surface area contributed by atoms with E-state index in [-0.39, 0.29) is 6.61 Å². The van der Waals surface area contributed by atoms with E-state index in [0.717, 1.165) is 11.1 Å². The summed E-state index contributed by atoms with van der Waals surface area (Å²) in [4.78, 5) is 12.7. The van der Waals surface area contributed by atoms with E-state index in [2.05, 4.69) is 0 Å². The molecule has 0 fully saturated rings. The van der Waals surface area contributed by atoms with Gasteiger partial charge in [0.25, 0.3) is 5.91 Å². The van der Waals surface area contributed by atoms with Crippen molar-refractivity contribution in [2.45, 2.75) is 45.9 Å². The van der Waals surface area contributed by atoms with Crippen LogP contribution in [0.1, 0.15) is 48.1 Å². The lowest BCUT2D eigenvalue weighted by atomic mass is 10.0. The van der Waals surface area contributed by atoms with Crippen LogP contribution in [0, 0.1) is 37.1 Å². The molecule has 0 saturated heterocycles. The molecule has 2 aromatic carbocycles. The number of hydrogen-bond acceptors (Lipinski definition) is 2. The molecule has 1 N–H and O–H groups in total. The van der Waals surface area contributed by atoms with Crippen LogP contribution in [0.15, 0.2) is 18.2 Å². The van der Waals surface area contributed by atoms with Crippen LogP contribution in [0.25, 0.3) is 0 Å². The van der Waals surface area contributed by atoms with Crippen LogP contribution in [0.3, 0.4) is 0 Å². The predicted molar refractivity (Wildman–Crippen MR) is 99.4 cm³/mol. The van der Waals surface area contributed by atoms with Gasteiger partial charge in [0, 0.05) is 6.61 Å². The van der Waals surface area contributed by atoms with Crippen LogP contribution >= 0.6 is 0 Å². The third kappa shape index (κ3) is 5.55. The van der Waals surface area contributed by atoms with Crippen molar-refractivity contribution in [3.8, 4) is 0 Å². The second-order valence-electron chi connectivity index (χ2n) is 7.02. The van der Waals surface area contributed by atoms with E-state index in [0.29, 0.717) is 18.4 Å². The van der Waals surface area contributed by atoms with Gasteiger partial charge >= 0.3 is 6.18 Å². The fourth-order valence-corrected chi connectivity index (χ4v) is 3.01. The highest BCUT2D eigenvalue weighted by molar-refractivity contribution is 5.95. The van der Waals surface area contributed by atoms with Gasteiger partial charge in [0.15, 0.2) is 29.4 Å². The molecule has 0 heterocycles. The van der Waals surface area contributed by atoms with Gasteiger partial charge in [-0.3, -0.25) is 4.79 Å². The maximum absolute atomic E-state index is 14.2. The molecule has 2 aromatic rings. The molecule has 0 aliphatic heterocycles. The molecular weight excluding hydrogens is 431 g/mol. The highest BCUT2D eigenvalue weighted by Crippen LogP contribution is 2.38. The van der Waals surface area contributed by atoms with Crippen LogP contribution in [0.5, 0.6) is 0 Å². The molecule has 0 spiro atoms. The van der Waals surface area contributed by atoms with E-state index in [9.17, 15) is 35.5 Å². The molecule has 1 unspecified atom stereocenters. The molecule has 0 saturated carbocycles. The lowest BCUT2D eigenvalue weighted by Gasteiger charge is -2.20. The Kier molecular flexibility index (Phi) is 7.69. The Bertz CT molecular complexity index is 924. The Balaban J connectivity index is 2.48. The number of hydrogen-bond donors (Lipinski definition) is 1. The summed E-state index contributed by atoms with van der Waals surface area (Å²) in [7, 11) is 0. The van der Waals surface area contributed by atoms with Crippen molar-refractivity contribution in [3.63, 3.8) is 0 Å². The number of nitrogens with one attached hydrogen (secondary N) is 1. The van der Waals surface area contributed by atoms with Crippen molar-refractivity contribution >= 4 is 11.6 Å². The molecule has 3 nitrogen and oxygen atoms in total. The first kappa shape index (κ1) is 24.6. The highest BCUT2D eigenvalue weighted by atomic mass is 19.4. The first-order valence-electron chi connectivity index (χ1n) is 9.32. The number of alkyl halides is 3. The van der Waals surface area contributed by atoms with E-state index in [1.54, 1.807) is 37.4 Å². The van der Waals surface area contributed by atoms with Crippen molar-refractivity contribution in [1.82, 2.24) is 0 Å². The highest BCUT2D eigenvalue weighted by Gasteiger charge is 2.42. The summed E-state index contributed by atoms with van der Waals surface area (Å²) in [6, 6.07) is 4.94. The quantitative estimate of drug-likeness (QED) is 0.302. The van der Waals surface area contributed by atoms with Crippen molar-refractivity contribution < 1.29 is 40.3 Å². The van der Waals surface area contributed by atoms with Crippen molar-refractivity contribution in [3.05, 3.63) is 63.7 Å². The summed E-state index contributed by atoms with van der Waals surface area (Å²) >= 11 is 0. The number of anilines is 1. The maximum Gasteiger partial charge on any atom is 0.422 e. The number of carbonyl (C=O) groups is 1. The lowest BCUT2D eigenvalue weighted by Crippen LogP contribution is -2.26. The van der Waals surface area contributed by atoms with Gasteiger partial charge in [0.1, 0.15) is 11.3 Å². The van der Waals surface area contributed by atoms with Crippen molar-refractivity contribution in [2.24, 2.45) is 0 Å². The summed E-state index contributed by atoms with van der Waals surface area (Å²) in [5.74, 6) is -11.2. The summed E-state index contributed by atoms with van der Waals surface area (Å²) in [6.45, 7) is 5.41. The third-order valence-corrected chi connectivity index (χ3v) is 4.36. The van der Waals surface area contributed by atoms with Crippen LogP contribution in [-0.4, -0.2) is 12.5 Å². The minimum atomic E-state index is -5.68. The van der Waals surface area contributed by atoms with Gasteiger partial charge in [0.05, 0.1) is 0 Å². The number of halogens is 7. The van der Waals surface area contributed by atoms with E-state index in [1.807, 2.05) is 6.92 Å². The monoisotopic (exact) mass is 451 g/mol. The topological polar surface area (TPSA) is 38.3 Å². The number of benzene rings is 2. The number of ether oxygens (including phenoxy) is 1. The molecule has 170 valence electrons. The Hall–Kier alpha value is -2.62. The first-order chi connectivity index (χ1) is 14.4. The summed E-state index contributed by atoms with van der Waals surface area (Å²) in [5, 5.41) is 1.64. The van der Waals surface area contributed by atoms with Crippen LogP contribution in [0.4, 0.5) is 36.4 Å². The normalized spacial score (nSPS) is 12.7. The molecular formula is C21H20F7NO2. The van der Waals surface area contributed by atoms with Gasteiger partial charge in [-0.1, -0.05) is 42.7 Å². The van der Waals surface area contributed by atoms with E-state index in [4.69, 9.17) is 4.74 Å². The fourth-order valence-electron chi connectivity index (χ4n) is 3.01. The molecule has 1 amide bonds. The Labute approximate surface area is 174 Å². The molecule has 31 heavy (non-hydrogen) atoms. The second kappa shape index (κ2) is 9.67. The summed E-state index contributed by atoms with van der Waals surface area (Å²) in [6.07, 6.45) is -5.85. The van der Waals surface area contributed by atoms with Gasteiger partial charge in [0.2, 0.25) is 0 Å². The fraction of sp³-hybridized carbons (Fsp3) is 0.381. The minimum absolute atomic E-state index is 0.0856. The van der Waals surface area contributed by atoms with Gasteiger partial charge in [-0.15, -0.1) is 0 Å². The third-order valence-electron chi connectivity index (χ3n) is 4.36. The largest absolute Gasteiger partial charge is 0.422 e. The Morgan fingerprint density at radius 3 is 1.94 bits per heavy atom. The number of carbonyl (C=O) groups excluding carboxylic acids is 1. The molecule has 2 rings (SSSR count). The number of rotatable bonds is 7. The zero-order chi connectivity index (χ0) is 23.5. The van der Waals surface area contributed by atoms with Gasteiger partial charge in [-0.05, 0) is 25.8 Å². The SMILES string of the molecule is CCCCOC(C(=O)Nc1c(F)c(F)c(C(F)(F)F)c(F)c1F)c1cc(C)cc(C)c1. The van der Waals surface area contributed by atoms with Crippen molar-refractivity contribution in [1.29, 1.82) is 0 Å². The summed E-state index contributed by atoms with van der Waals surface area (Å²) < 4.78 is 99.7. The molecule has 0 bridgehead atoms.